The number of amides is 1. The first-order chi connectivity index (χ1) is 33.3. The average Bonchev–Trinajstić information content (AvgIpc) is 3.34. The normalized spacial score (nSPS) is 20.0. The molecule has 0 aromatic carbocycles. The number of aliphatic hydroxyl groups is 5. The van der Waals surface area contributed by atoms with Crippen LogP contribution in [0, 0.1) is 0 Å². The number of unbranched alkanes of at least 4 members (excludes halogenated alkanes) is 30. The van der Waals surface area contributed by atoms with Crippen molar-refractivity contribution in [1.82, 2.24) is 5.32 Å². The number of carbonyl (C=O) groups is 1. The third kappa shape index (κ3) is 37.7. The quantitative estimate of drug-likeness (QED) is 0.0261. The van der Waals surface area contributed by atoms with Gasteiger partial charge in [0.05, 0.1) is 25.4 Å². The van der Waals surface area contributed by atoms with Crippen LogP contribution < -0.4 is 5.32 Å². The second kappa shape index (κ2) is 48.5. The molecule has 0 spiro atoms. The molecule has 68 heavy (non-hydrogen) atoms. The van der Waals surface area contributed by atoms with Gasteiger partial charge >= 0.3 is 0 Å². The van der Waals surface area contributed by atoms with Crippen LogP contribution in [0.5, 0.6) is 0 Å². The first kappa shape index (κ1) is 63.9. The number of aliphatic hydroxyl groups excluding tert-OH is 5. The smallest absolute Gasteiger partial charge is 0.220 e. The molecule has 9 nitrogen and oxygen atoms in total. The van der Waals surface area contributed by atoms with Gasteiger partial charge < -0.3 is 40.3 Å². The fraction of sp³-hybridized carbons (Fsp3) is 0.814. The molecule has 0 radical (unpaired) electrons. The highest BCUT2D eigenvalue weighted by atomic mass is 16.7. The van der Waals surface area contributed by atoms with E-state index < -0.39 is 49.5 Å². The molecule has 0 bridgehead atoms. The van der Waals surface area contributed by atoms with Crippen LogP contribution in [0.4, 0.5) is 0 Å². The van der Waals surface area contributed by atoms with Gasteiger partial charge in [-0.25, -0.2) is 0 Å². The number of allylic oxidation sites excluding steroid dienone is 9. The van der Waals surface area contributed by atoms with E-state index in [1.807, 2.05) is 6.08 Å². The minimum Gasteiger partial charge on any atom is -0.394 e. The largest absolute Gasteiger partial charge is 0.394 e. The molecular formula is C59H107NO8. The zero-order chi connectivity index (χ0) is 49.4. The fourth-order valence-corrected chi connectivity index (χ4v) is 8.85. The van der Waals surface area contributed by atoms with Crippen molar-refractivity contribution in [2.75, 3.05) is 13.2 Å². The lowest BCUT2D eigenvalue weighted by Gasteiger charge is -2.40. The van der Waals surface area contributed by atoms with Gasteiger partial charge in [0.2, 0.25) is 5.91 Å². The zero-order valence-electron chi connectivity index (χ0n) is 43.9. The van der Waals surface area contributed by atoms with Crippen molar-refractivity contribution in [3.05, 3.63) is 60.8 Å². The minimum absolute atomic E-state index is 0.177. The highest BCUT2D eigenvalue weighted by Gasteiger charge is 2.44. The zero-order valence-corrected chi connectivity index (χ0v) is 43.9. The molecule has 1 fully saturated rings. The standard InChI is InChI=1S/C59H107NO8/c1-3-5-7-9-11-13-15-16-17-18-19-20-21-22-23-24-25-26-27-28-29-30-31-32-33-34-35-36-37-38-39-41-43-45-47-49-55(63)60-52(51-67-59-58(66)57(65)56(64)54(50-61)68-59)53(62)48-46-44-42-40-14-12-10-8-6-4-2/h5,7,11,13,16-17,19-20,46,48,52-54,56-59,61-62,64-66H,3-4,6,8-10,12,14-15,18,21-45,47,49-51H2,1-2H3,(H,60,63)/b7-5-,13-11-,17-16-,20-19-,48-46+. The summed E-state index contributed by atoms with van der Waals surface area (Å²) in [7, 11) is 0. The molecule has 0 saturated carbocycles. The molecule has 1 rings (SSSR count). The fourth-order valence-electron chi connectivity index (χ4n) is 8.85. The number of nitrogens with one attached hydrogen (secondary N) is 1. The minimum atomic E-state index is -1.56. The van der Waals surface area contributed by atoms with Crippen LogP contribution in [0.3, 0.4) is 0 Å². The second-order valence-corrected chi connectivity index (χ2v) is 19.7. The maximum absolute atomic E-state index is 13.0. The molecule has 7 atom stereocenters. The van der Waals surface area contributed by atoms with Crippen LogP contribution in [0.25, 0.3) is 0 Å². The van der Waals surface area contributed by atoms with Gasteiger partial charge in [-0.15, -0.1) is 0 Å². The molecule has 0 aromatic heterocycles. The Kier molecular flexibility index (Phi) is 45.6. The Hall–Kier alpha value is -2.11. The van der Waals surface area contributed by atoms with Crippen molar-refractivity contribution in [3.63, 3.8) is 0 Å². The Balaban J connectivity index is 2.06. The molecule has 1 saturated heterocycles. The Morgan fingerprint density at radius 3 is 1.35 bits per heavy atom. The average molecular weight is 959 g/mol. The third-order valence-electron chi connectivity index (χ3n) is 13.3. The molecule has 9 heteroatoms. The molecule has 6 N–H and O–H groups in total. The summed E-state index contributed by atoms with van der Waals surface area (Å²) in [6, 6.07) is -0.802. The number of hydrogen-bond donors (Lipinski definition) is 6. The maximum atomic E-state index is 13.0. The summed E-state index contributed by atoms with van der Waals surface area (Å²) < 4.78 is 11.2. The third-order valence-corrected chi connectivity index (χ3v) is 13.3. The summed E-state index contributed by atoms with van der Waals surface area (Å²) in [5, 5.41) is 54.2. The van der Waals surface area contributed by atoms with Gasteiger partial charge in [-0.05, 0) is 57.8 Å². The van der Waals surface area contributed by atoms with E-state index in [-0.39, 0.29) is 12.5 Å². The van der Waals surface area contributed by atoms with Crippen LogP contribution >= 0.6 is 0 Å². The lowest BCUT2D eigenvalue weighted by molar-refractivity contribution is -0.302. The van der Waals surface area contributed by atoms with Gasteiger partial charge in [-0.1, -0.05) is 248 Å². The Labute approximate surface area is 417 Å². The molecule has 0 aromatic rings. The number of ether oxygens (including phenoxy) is 2. The summed E-state index contributed by atoms with van der Waals surface area (Å²) in [6.07, 6.45) is 58.9. The Morgan fingerprint density at radius 1 is 0.515 bits per heavy atom. The highest BCUT2D eigenvalue weighted by Crippen LogP contribution is 2.23. The SMILES string of the molecule is CC/C=C\C/C=C\C/C=C\C/C=C\CCCCCCCCCCCCCCCCCCCCCCCCC(=O)NC(COC1OC(CO)C(O)C(O)C1O)C(O)/C=C/CCCCCCCCCC. The molecule has 7 unspecified atom stereocenters. The van der Waals surface area contributed by atoms with Crippen molar-refractivity contribution in [1.29, 1.82) is 0 Å². The van der Waals surface area contributed by atoms with Crippen molar-refractivity contribution in [2.24, 2.45) is 0 Å². The van der Waals surface area contributed by atoms with E-state index >= 15 is 0 Å². The van der Waals surface area contributed by atoms with E-state index in [1.54, 1.807) is 6.08 Å². The van der Waals surface area contributed by atoms with Crippen molar-refractivity contribution in [3.8, 4) is 0 Å². The van der Waals surface area contributed by atoms with E-state index in [9.17, 15) is 30.3 Å². The molecular weight excluding hydrogens is 851 g/mol. The second-order valence-electron chi connectivity index (χ2n) is 19.7. The monoisotopic (exact) mass is 958 g/mol. The lowest BCUT2D eigenvalue weighted by atomic mass is 9.99. The van der Waals surface area contributed by atoms with Crippen LogP contribution in [0.1, 0.15) is 251 Å². The first-order valence-electron chi connectivity index (χ1n) is 28.5. The molecule has 1 heterocycles. The van der Waals surface area contributed by atoms with Crippen LogP contribution in [-0.2, 0) is 14.3 Å². The number of rotatable bonds is 48. The molecule has 1 aliphatic rings. The van der Waals surface area contributed by atoms with Gasteiger partial charge in [0.1, 0.15) is 24.4 Å². The summed E-state index contributed by atoms with van der Waals surface area (Å²) in [5.41, 5.74) is 0. The van der Waals surface area contributed by atoms with Crippen LogP contribution in [0.15, 0.2) is 60.8 Å². The van der Waals surface area contributed by atoms with E-state index in [4.69, 9.17) is 9.47 Å². The van der Waals surface area contributed by atoms with Crippen LogP contribution in [-0.4, -0.2) is 87.5 Å². The van der Waals surface area contributed by atoms with Gasteiger partial charge in [0.25, 0.3) is 0 Å². The van der Waals surface area contributed by atoms with Gasteiger partial charge in [-0.2, -0.15) is 0 Å². The molecule has 0 aliphatic carbocycles. The van der Waals surface area contributed by atoms with Crippen molar-refractivity contribution in [2.45, 2.75) is 294 Å². The highest BCUT2D eigenvalue weighted by molar-refractivity contribution is 5.76. The summed E-state index contributed by atoms with van der Waals surface area (Å²) >= 11 is 0. The van der Waals surface area contributed by atoms with Crippen LogP contribution in [0.2, 0.25) is 0 Å². The summed E-state index contributed by atoms with van der Waals surface area (Å²) in [4.78, 5) is 13.0. The first-order valence-corrected chi connectivity index (χ1v) is 28.5. The summed E-state index contributed by atoms with van der Waals surface area (Å²) in [6.45, 7) is 3.65. The Bertz CT molecular complexity index is 1250. The van der Waals surface area contributed by atoms with Crippen molar-refractivity contribution >= 4 is 5.91 Å². The van der Waals surface area contributed by atoms with E-state index in [0.717, 1.165) is 64.2 Å². The summed E-state index contributed by atoms with van der Waals surface area (Å²) in [5.74, 6) is -0.177. The van der Waals surface area contributed by atoms with Crippen molar-refractivity contribution < 1.29 is 39.8 Å². The lowest BCUT2D eigenvalue weighted by Crippen LogP contribution is -2.60. The van der Waals surface area contributed by atoms with Gasteiger partial charge in [0.15, 0.2) is 6.29 Å². The molecule has 1 aliphatic heterocycles. The Morgan fingerprint density at radius 2 is 0.912 bits per heavy atom. The van der Waals surface area contributed by atoms with Gasteiger partial charge in [0, 0.05) is 6.42 Å². The molecule has 396 valence electrons. The molecule has 1 amide bonds. The van der Waals surface area contributed by atoms with Gasteiger partial charge in [-0.3, -0.25) is 4.79 Å². The van der Waals surface area contributed by atoms with E-state index in [0.29, 0.717) is 6.42 Å². The predicted octanol–water partition coefficient (Wildman–Crippen LogP) is 13.9. The topological polar surface area (TPSA) is 149 Å². The van der Waals surface area contributed by atoms with E-state index in [2.05, 4.69) is 67.8 Å². The number of hydrogen-bond acceptors (Lipinski definition) is 8. The maximum Gasteiger partial charge on any atom is 0.220 e. The predicted molar refractivity (Wildman–Crippen MR) is 286 cm³/mol. The number of carbonyl (C=O) groups excluding carboxylic acids is 1. The van der Waals surface area contributed by atoms with E-state index in [1.165, 1.54) is 167 Å².